The van der Waals surface area contributed by atoms with E-state index in [4.69, 9.17) is 0 Å². The molecule has 1 aliphatic rings. The van der Waals surface area contributed by atoms with Gasteiger partial charge in [-0.1, -0.05) is 6.07 Å². The molecule has 0 unspecified atom stereocenters. The molecule has 1 aliphatic heterocycles. The molecule has 1 fully saturated rings. The first-order valence-electron chi connectivity index (χ1n) is 12.9. The zero-order chi connectivity index (χ0) is 27.1. The molecular formula is C30H28F2N6O. The van der Waals surface area contributed by atoms with Gasteiger partial charge in [0.25, 0.3) is 0 Å². The van der Waals surface area contributed by atoms with Crippen LogP contribution in [0.2, 0.25) is 0 Å². The number of aryl methyl sites for hydroxylation is 1. The monoisotopic (exact) mass is 526 g/mol. The van der Waals surface area contributed by atoms with Crippen LogP contribution in [0, 0.1) is 17.6 Å². The number of carbonyl (C=O) groups is 1. The molecule has 0 saturated carbocycles. The number of aromatic nitrogens is 4. The summed E-state index contributed by atoms with van der Waals surface area (Å²) in [6.07, 6.45) is 7.02. The maximum Gasteiger partial charge on any atom is 0.227 e. The molecule has 1 amide bonds. The van der Waals surface area contributed by atoms with Crippen LogP contribution < -0.4 is 5.32 Å². The highest BCUT2D eigenvalue weighted by atomic mass is 19.1. The highest BCUT2D eigenvalue weighted by molar-refractivity contribution is 5.94. The molecule has 39 heavy (non-hydrogen) atoms. The van der Waals surface area contributed by atoms with Gasteiger partial charge in [0.15, 0.2) is 0 Å². The summed E-state index contributed by atoms with van der Waals surface area (Å²) in [5.74, 6) is -1.46. The Labute approximate surface area is 224 Å². The second-order valence-electron chi connectivity index (χ2n) is 10.2. The Bertz CT molecular complexity index is 1680. The lowest BCUT2D eigenvalue weighted by atomic mass is 9.96. The third kappa shape index (κ3) is 5.05. The highest BCUT2D eigenvalue weighted by Crippen LogP contribution is 2.32. The molecule has 0 atom stereocenters. The van der Waals surface area contributed by atoms with E-state index in [1.165, 1.54) is 12.1 Å². The summed E-state index contributed by atoms with van der Waals surface area (Å²) >= 11 is 0. The van der Waals surface area contributed by atoms with Crippen molar-refractivity contribution in [3.63, 3.8) is 0 Å². The van der Waals surface area contributed by atoms with Crippen LogP contribution in [0.4, 0.5) is 14.5 Å². The fourth-order valence-electron chi connectivity index (χ4n) is 5.18. The SMILES string of the molecule is CN1CCC(C(=O)Nc2cc(-c3ccc(F)cc3F)cc(-n3cnc4cc(-c5cnn(C)c5)ccc43)c2)CC1. The number of likely N-dealkylation sites (tertiary alicyclic amines) is 1. The molecule has 198 valence electrons. The van der Waals surface area contributed by atoms with E-state index in [9.17, 15) is 13.6 Å². The Morgan fingerprint density at radius 1 is 0.949 bits per heavy atom. The molecule has 5 aromatic rings. The maximum atomic E-state index is 14.8. The number of fused-ring (bicyclic) bond motifs is 1. The van der Waals surface area contributed by atoms with Gasteiger partial charge in [-0.05, 0) is 86.6 Å². The number of halogens is 2. The second-order valence-corrected chi connectivity index (χ2v) is 10.2. The van der Waals surface area contributed by atoms with Gasteiger partial charge in [0.05, 0.1) is 17.2 Å². The Morgan fingerprint density at radius 2 is 1.77 bits per heavy atom. The van der Waals surface area contributed by atoms with Gasteiger partial charge >= 0.3 is 0 Å². The van der Waals surface area contributed by atoms with E-state index in [0.717, 1.165) is 54.2 Å². The van der Waals surface area contributed by atoms with Crippen molar-refractivity contribution in [3.05, 3.63) is 85.0 Å². The summed E-state index contributed by atoms with van der Waals surface area (Å²) in [5, 5.41) is 7.30. The number of amides is 1. The third-order valence-corrected chi connectivity index (χ3v) is 7.38. The number of hydrogen-bond donors (Lipinski definition) is 1. The van der Waals surface area contributed by atoms with Crippen LogP contribution >= 0.6 is 0 Å². The molecule has 3 heterocycles. The molecule has 3 aromatic carbocycles. The predicted octanol–water partition coefficient (Wildman–Crippen LogP) is 5.65. The fourth-order valence-corrected chi connectivity index (χ4v) is 5.18. The third-order valence-electron chi connectivity index (χ3n) is 7.38. The van der Waals surface area contributed by atoms with Crippen molar-refractivity contribution in [1.82, 2.24) is 24.2 Å². The lowest BCUT2D eigenvalue weighted by Crippen LogP contribution is -2.35. The largest absolute Gasteiger partial charge is 0.326 e. The fraction of sp³-hybridized carbons (Fsp3) is 0.233. The van der Waals surface area contributed by atoms with E-state index in [1.807, 2.05) is 48.1 Å². The first-order valence-corrected chi connectivity index (χ1v) is 12.9. The average molecular weight is 527 g/mol. The highest BCUT2D eigenvalue weighted by Gasteiger charge is 2.24. The van der Waals surface area contributed by atoms with Gasteiger partial charge in [-0.25, -0.2) is 13.8 Å². The average Bonchev–Trinajstić information content (AvgIpc) is 3.54. The van der Waals surface area contributed by atoms with Crippen LogP contribution in [0.15, 0.2) is 73.3 Å². The summed E-state index contributed by atoms with van der Waals surface area (Å²) in [5.41, 5.74) is 5.64. The lowest BCUT2D eigenvalue weighted by Gasteiger charge is -2.28. The van der Waals surface area contributed by atoms with Crippen LogP contribution in [-0.4, -0.2) is 50.3 Å². The number of imidazole rings is 1. The number of piperidine rings is 1. The Kier molecular flexibility index (Phi) is 6.44. The molecule has 9 heteroatoms. The van der Waals surface area contributed by atoms with Crippen molar-refractivity contribution in [1.29, 1.82) is 0 Å². The molecular weight excluding hydrogens is 498 g/mol. The van der Waals surface area contributed by atoms with E-state index in [-0.39, 0.29) is 17.4 Å². The number of carbonyl (C=O) groups excluding carboxylic acids is 1. The molecule has 0 aliphatic carbocycles. The van der Waals surface area contributed by atoms with Gasteiger partial charge in [0.2, 0.25) is 5.91 Å². The van der Waals surface area contributed by atoms with Crippen molar-refractivity contribution >= 4 is 22.6 Å². The first kappa shape index (κ1) is 24.9. The quantitative estimate of drug-likeness (QED) is 0.321. The van der Waals surface area contributed by atoms with E-state index in [1.54, 1.807) is 23.3 Å². The molecule has 2 aromatic heterocycles. The van der Waals surface area contributed by atoms with Crippen LogP contribution in [0.1, 0.15) is 12.8 Å². The summed E-state index contributed by atoms with van der Waals surface area (Å²) in [7, 11) is 3.92. The number of nitrogens with zero attached hydrogens (tertiary/aromatic N) is 5. The van der Waals surface area contributed by atoms with Crippen LogP contribution in [-0.2, 0) is 11.8 Å². The van der Waals surface area contributed by atoms with Crippen molar-refractivity contribution in [2.75, 3.05) is 25.5 Å². The summed E-state index contributed by atoms with van der Waals surface area (Å²) in [4.78, 5) is 20.0. The summed E-state index contributed by atoms with van der Waals surface area (Å²) < 4.78 is 32.1. The van der Waals surface area contributed by atoms with Gasteiger partial charge in [-0.15, -0.1) is 0 Å². The van der Waals surface area contributed by atoms with E-state index >= 15 is 0 Å². The van der Waals surface area contributed by atoms with Crippen LogP contribution in [0.5, 0.6) is 0 Å². The zero-order valence-corrected chi connectivity index (χ0v) is 21.7. The molecule has 1 saturated heterocycles. The van der Waals surface area contributed by atoms with Crippen molar-refractivity contribution in [2.24, 2.45) is 13.0 Å². The minimum absolute atomic E-state index is 0.0534. The molecule has 6 rings (SSSR count). The Hall–Kier alpha value is -4.37. The number of rotatable bonds is 5. The maximum absolute atomic E-state index is 14.8. The number of nitrogens with one attached hydrogen (secondary N) is 1. The molecule has 0 bridgehead atoms. The standard InChI is InChI=1S/C30H28F2N6O/c1-36-9-7-19(8-10-36)30(39)35-24-11-21(26-5-4-23(31)14-27(26)32)12-25(15-24)38-18-33-28-13-20(3-6-29(28)38)22-16-34-37(2)17-22/h3-6,11-19H,7-10H2,1-2H3,(H,35,39). The molecule has 0 radical (unpaired) electrons. The van der Waals surface area contributed by atoms with Gasteiger partial charge < -0.3 is 10.2 Å². The Balaban J connectivity index is 1.40. The summed E-state index contributed by atoms with van der Waals surface area (Å²) in [6.45, 7) is 1.73. The number of anilines is 1. The van der Waals surface area contributed by atoms with Gasteiger partial charge in [0, 0.05) is 47.7 Å². The van der Waals surface area contributed by atoms with Crippen LogP contribution in [0.3, 0.4) is 0 Å². The smallest absolute Gasteiger partial charge is 0.227 e. The lowest BCUT2D eigenvalue weighted by molar-refractivity contribution is -0.121. The predicted molar refractivity (Wildman–Crippen MR) is 147 cm³/mol. The number of benzene rings is 3. The minimum Gasteiger partial charge on any atom is -0.326 e. The molecule has 0 spiro atoms. The van der Waals surface area contributed by atoms with Crippen molar-refractivity contribution < 1.29 is 13.6 Å². The second kappa shape index (κ2) is 10.1. The van der Waals surface area contributed by atoms with Crippen LogP contribution in [0.25, 0.3) is 39.0 Å². The van der Waals surface area contributed by atoms with Gasteiger partial charge in [-0.3, -0.25) is 14.0 Å². The zero-order valence-electron chi connectivity index (χ0n) is 21.7. The van der Waals surface area contributed by atoms with Gasteiger partial charge in [0.1, 0.15) is 18.0 Å². The Morgan fingerprint density at radius 3 is 2.51 bits per heavy atom. The van der Waals surface area contributed by atoms with Crippen molar-refractivity contribution in [3.8, 4) is 27.9 Å². The van der Waals surface area contributed by atoms with E-state index < -0.39 is 11.6 Å². The normalized spacial score (nSPS) is 14.7. The molecule has 7 nitrogen and oxygen atoms in total. The van der Waals surface area contributed by atoms with Crippen molar-refractivity contribution in [2.45, 2.75) is 12.8 Å². The first-order chi connectivity index (χ1) is 18.8. The minimum atomic E-state index is -0.670. The summed E-state index contributed by atoms with van der Waals surface area (Å²) in [6, 6.07) is 14.9. The van der Waals surface area contributed by atoms with E-state index in [2.05, 4.69) is 27.3 Å². The number of hydrogen-bond acceptors (Lipinski definition) is 4. The topological polar surface area (TPSA) is 68.0 Å². The van der Waals surface area contributed by atoms with Gasteiger partial charge in [-0.2, -0.15) is 5.10 Å². The van der Waals surface area contributed by atoms with E-state index in [0.29, 0.717) is 16.9 Å². The molecule has 1 N–H and O–H groups in total.